The van der Waals surface area contributed by atoms with Gasteiger partial charge in [-0.25, -0.2) is 0 Å². The van der Waals surface area contributed by atoms with Crippen LogP contribution in [0.25, 0.3) is 0 Å². The molecule has 132 valence electrons. The number of hydrogen-bond donors (Lipinski definition) is 0. The molecular formula is C21H20N2O3. The number of fused-ring (bicyclic) bond motifs is 2. The number of carbonyl (C=O) groups excluding carboxylic acids is 1. The normalized spacial score (nSPS) is 12.8. The van der Waals surface area contributed by atoms with Crippen LogP contribution in [0.5, 0.6) is 11.5 Å². The molecule has 26 heavy (non-hydrogen) atoms. The number of hydrogen-bond acceptors (Lipinski definition) is 4. The molecule has 1 aliphatic rings. The van der Waals surface area contributed by atoms with Gasteiger partial charge in [0.05, 0.1) is 12.8 Å². The molecule has 0 atom stereocenters. The van der Waals surface area contributed by atoms with Crippen LogP contribution in [0.2, 0.25) is 0 Å². The molecule has 4 rings (SSSR count). The molecule has 0 aliphatic carbocycles. The molecule has 2 aromatic carbocycles. The average molecular weight is 348 g/mol. The molecule has 0 radical (unpaired) electrons. The average Bonchev–Trinajstić information content (AvgIpc) is 3.08. The Morgan fingerprint density at radius 3 is 2.38 bits per heavy atom. The lowest BCUT2D eigenvalue weighted by Crippen LogP contribution is -2.21. The molecule has 2 heterocycles. The Morgan fingerprint density at radius 1 is 1.12 bits per heavy atom. The Labute approximate surface area is 152 Å². The summed E-state index contributed by atoms with van der Waals surface area (Å²) in [5.41, 5.74) is 2.84. The van der Waals surface area contributed by atoms with E-state index in [0.29, 0.717) is 18.1 Å². The number of rotatable bonds is 5. The van der Waals surface area contributed by atoms with E-state index in [1.165, 1.54) is 0 Å². The molecule has 0 fully saturated rings. The quantitative estimate of drug-likeness (QED) is 0.519. The number of ether oxygens (including phenoxy) is 2. The maximum Gasteiger partial charge on any atom is 0.318 e. The number of esters is 1. The highest BCUT2D eigenvalue weighted by Gasteiger charge is 2.33. The highest BCUT2D eigenvalue weighted by atomic mass is 16.5. The van der Waals surface area contributed by atoms with Crippen LogP contribution in [0.4, 0.5) is 0 Å². The van der Waals surface area contributed by atoms with Crippen molar-refractivity contribution in [2.75, 3.05) is 6.61 Å². The zero-order valence-corrected chi connectivity index (χ0v) is 14.6. The van der Waals surface area contributed by atoms with Crippen LogP contribution < -0.4 is 4.74 Å². The molecule has 3 aromatic rings. The second-order valence-corrected chi connectivity index (χ2v) is 6.40. The first-order valence-electron chi connectivity index (χ1n) is 8.72. The molecule has 0 saturated carbocycles. The van der Waals surface area contributed by atoms with E-state index in [0.717, 1.165) is 29.5 Å². The number of nitrogens with zero attached hydrogens (tertiary/aromatic N) is 2. The van der Waals surface area contributed by atoms with Crippen molar-refractivity contribution in [3.8, 4) is 11.5 Å². The first-order valence-corrected chi connectivity index (χ1v) is 8.72. The van der Waals surface area contributed by atoms with Gasteiger partial charge >= 0.3 is 5.97 Å². The van der Waals surface area contributed by atoms with Gasteiger partial charge in [-0.3, -0.25) is 9.48 Å². The Morgan fingerprint density at radius 2 is 1.77 bits per heavy atom. The van der Waals surface area contributed by atoms with Crippen molar-refractivity contribution in [2.45, 2.75) is 18.8 Å². The zero-order valence-electron chi connectivity index (χ0n) is 14.6. The van der Waals surface area contributed by atoms with Crippen molar-refractivity contribution in [3.05, 3.63) is 77.6 Å². The lowest BCUT2D eigenvalue weighted by atomic mass is 9.88. The summed E-state index contributed by atoms with van der Waals surface area (Å²) in [4.78, 5) is 12.8. The van der Waals surface area contributed by atoms with Gasteiger partial charge in [0.25, 0.3) is 0 Å². The van der Waals surface area contributed by atoms with Crippen LogP contribution in [-0.2, 0) is 23.0 Å². The number of aromatic nitrogens is 2. The molecule has 0 bridgehead atoms. The molecule has 0 unspecified atom stereocenters. The first-order chi connectivity index (χ1) is 12.7. The van der Waals surface area contributed by atoms with E-state index in [9.17, 15) is 4.79 Å². The lowest BCUT2D eigenvalue weighted by molar-refractivity contribution is -0.144. The molecule has 1 aliphatic heterocycles. The summed E-state index contributed by atoms with van der Waals surface area (Å²) in [6.45, 7) is 0.384. The third-order valence-corrected chi connectivity index (χ3v) is 4.53. The summed E-state index contributed by atoms with van der Waals surface area (Å²) < 4.78 is 13.3. The van der Waals surface area contributed by atoms with Gasteiger partial charge in [0.1, 0.15) is 17.4 Å². The third kappa shape index (κ3) is 3.20. The van der Waals surface area contributed by atoms with E-state index in [2.05, 4.69) is 5.10 Å². The van der Waals surface area contributed by atoms with E-state index < -0.39 is 5.92 Å². The third-order valence-electron chi connectivity index (χ3n) is 4.53. The summed E-state index contributed by atoms with van der Waals surface area (Å²) in [6.07, 6.45) is 5.42. The molecular weight excluding hydrogens is 328 g/mol. The van der Waals surface area contributed by atoms with Crippen LogP contribution in [0.1, 0.15) is 29.0 Å². The van der Waals surface area contributed by atoms with Gasteiger partial charge < -0.3 is 9.47 Å². The summed E-state index contributed by atoms with van der Waals surface area (Å²) in [7, 11) is 1.89. The topological polar surface area (TPSA) is 53.4 Å². The molecule has 0 amide bonds. The van der Waals surface area contributed by atoms with Gasteiger partial charge in [-0.2, -0.15) is 5.10 Å². The minimum absolute atomic E-state index is 0.237. The fourth-order valence-electron chi connectivity index (χ4n) is 3.30. The highest BCUT2D eigenvalue weighted by Crippen LogP contribution is 2.44. The number of para-hydroxylation sites is 2. The zero-order chi connectivity index (χ0) is 17.9. The van der Waals surface area contributed by atoms with Crippen LogP contribution in [0, 0.1) is 0 Å². The molecule has 0 N–H and O–H groups in total. The maximum atomic E-state index is 12.8. The summed E-state index contributed by atoms with van der Waals surface area (Å²) in [5.74, 6) is 0.737. The fraction of sp³-hybridized carbons (Fsp3) is 0.238. The molecule has 1 aromatic heterocycles. The minimum atomic E-state index is -0.449. The summed E-state index contributed by atoms with van der Waals surface area (Å²) in [6, 6.07) is 15.3. The Kier molecular flexibility index (Phi) is 4.44. The SMILES string of the molecule is Cn1cc(CCCOC(=O)C2c3ccccc3Oc3ccccc32)cn1. The fourth-order valence-corrected chi connectivity index (χ4v) is 3.30. The standard InChI is InChI=1S/C21H20N2O3/c1-23-14-15(13-22-23)7-6-12-25-21(24)20-16-8-2-4-10-18(16)26-19-11-5-3-9-17(19)20/h2-5,8-11,13-14,20H,6-7,12H2,1H3. The van der Waals surface area contributed by atoms with Crippen LogP contribution in [-0.4, -0.2) is 22.4 Å². The van der Waals surface area contributed by atoms with Gasteiger partial charge in [0.2, 0.25) is 0 Å². The van der Waals surface area contributed by atoms with Crippen molar-refractivity contribution >= 4 is 5.97 Å². The van der Waals surface area contributed by atoms with Crippen molar-refractivity contribution in [1.82, 2.24) is 9.78 Å². The largest absolute Gasteiger partial charge is 0.465 e. The van der Waals surface area contributed by atoms with E-state index in [-0.39, 0.29) is 5.97 Å². The van der Waals surface area contributed by atoms with Crippen LogP contribution in [0.3, 0.4) is 0 Å². The second kappa shape index (κ2) is 7.04. The summed E-state index contributed by atoms with van der Waals surface area (Å²) in [5, 5.41) is 4.15. The number of benzene rings is 2. The predicted molar refractivity (Wildman–Crippen MR) is 97.3 cm³/mol. The van der Waals surface area contributed by atoms with Crippen LogP contribution in [0.15, 0.2) is 60.9 Å². The van der Waals surface area contributed by atoms with Gasteiger partial charge in [-0.15, -0.1) is 0 Å². The van der Waals surface area contributed by atoms with Crippen molar-refractivity contribution < 1.29 is 14.3 Å². The van der Waals surface area contributed by atoms with Gasteiger partial charge in [-0.1, -0.05) is 36.4 Å². The van der Waals surface area contributed by atoms with Crippen molar-refractivity contribution in [1.29, 1.82) is 0 Å². The van der Waals surface area contributed by atoms with E-state index in [4.69, 9.17) is 9.47 Å². The van der Waals surface area contributed by atoms with Gasteiger partial charge in [0, 0.05) is 24.4 Å². The Hall–Kier alpha value is -3.08. The molecule has 0 saturated heterocycles. The molecule has 5 nitrogen and oxygen atoms in total. The minimum Gasteiger partial charge on any atom is -0.465 e. The van der Waals surface area contributed by atoms with Crippen LogP contribution >= 0.6 is 0 Å². The van der Waals surface area contributed by atoms with Crippen molar-refractivity contribution in [2.24, 2.45) is 7.05 Å². The lowest BCUT2D eigenvalue weighted by Gasteiger charge is -2.26. The Bertz CT molecular complexity index is 887. The number of carbonyl (C=O) groups is 1. The van der Waals surface area contributed by atoms with E-state index >= 15 is 0 Å². The van der Waals surface area contributed by atoms with Crippen molar-refractivity contribution in [3.63, 3.8) is 0 Å². The smallest absolute Gasteiger partial charge is 0.318 e. The van der Waals surface area contributed by atoms with E-state index in [1.54, 1.807) is 4.68 Å². The van der Waals surface area contributed by atoms with E-state index in [1.807, 2.05) is 68.0 Å². The predicted octanol–water partition coefficient (Wildman–Crippen LogP) is 3.83. The summed E-state index contributed by atoms with van der Waals surface area (Å²) >= 11 is 0. The molecule has 0 spiro atoms. The van der Waals surface area contributed by atoms with Gasteiger partial charge in [-0.05, 0) is 30.5 Å². The highest BCUT2D eigenvalue weighted by molar-refractivity contribution is 5.85. The molecule has 5 heteroatoms. The number of aryl methyl sites for hydroxylation is 2. The second-order valence-electron chi connectivity index (χ2n) is 6.40. The Balaban J connectivity index is 1.47. The monoisotopic (exact) mass is 348 g/mol. The maximum absolute atomic E-state index is 12.8. The first kappa shape index (κ1) is 16.4. The van der Waals surface area contributed by atoms with Gasteiger partial charge in [0.15, 0.2) is 0 Å².